The quantitative estimate of drug-likeness (QED) is 0.805. The van der Waals surface area contributed by atoms with Crippen LogP contribution in [0.4, 0.5) is 10.8 Å². The molecule has 1 aromatic heterocycles. The Hall–Kier alpha value is -1.79. The lowest BCUT2D eigenvalue weighted by Crippen LogP contribution is -2.48. The Morgan fingerprint density at radius 3 is 2.39 bits per heavy atom. The lowest BCUT2D eigenvalue weighted by Gasteiger charge is -2.40. The van der Waals surface area contributed by atoms with Crippen LogP contribution in [0.25, 0.3) is 0 Å². The zero-order valence-corrected chi connectivity index (χ0v) is 18.0. The fraction of sp³-hybridized carbons (Fsp3) is 0.591. The summed E-state index contributed by atoms with van der Waals surface area (Å²) in [6, 6.07) is 8.95. The molecular formula is C22H32N4OS. The SMILES string of the molecule is CC(C)(C)N1CCC(Oc2ccc(N3CCC[C@@H]3c3csc(N)n3)cc2)CC1. The average molecular weight is 401 g/mol. The van der Waals surface area contributed by atoms with Crippen molar-refractivity contribution in [2.45, 2.75) is 64.1 Å². The van der Waals surface area contributed by atoms with Gasteiger partial charge in [-0.05, 0) is 70.7 Å². The predicted octanol–water partition coefficient (Wildman–Crippen LogP) is 4.71. The molecule has 2 aromatic rings. The second kappa shape index (κ2) is 7.91. The number of ether oxygens (including phenoxy) is 1. The summed E-state index contributed by atoms with van der Waals surface area (Å²) < 4.78 is 6.28. The number of benzene rings is 1. The van der Waals surface area contributed by atoms with E-state index in [-0.39, 0.29) is 5.54 Å². The monoisotopic (exact) mass is 400 g/mol. The summed E-state index contributed by atoms with van der Waals surface area (Å²) in [6.45, 7) is 10.2. The summed E-state index contributed by atoms with van der Waals surface area (Å²) in [5, 5.41) is 2.75. The maximum Gasteiger partial charge on any atom is 0.180 e. The Kier molecular flexibility index (Phi) is 5.52. The molecule has 0 saturated carbocycles. The average Bonchev–Trinajstić information content (AvgIpc) is 3.31. The van der Waals surface area contributed by atoms with E-state index in [1.807, 2.05) is 0 Å². The number of hydrogen-bond donors (Lipinski definition) is 1. The van der Waals surface area contributed by atoms with Gasteiger partial charge >= 0.3 is 0 Å². The van der Waals surface area contributed by atoms with Crippen LogP contribution in [0.1, 0.15) is 58.2 Å². The number of hydrogen-bond acceptors (Lipinski definition) is 6. The smallest absolute Gasteiger partial charge is 0.180 e. The van der Waals surface area contributed by atoms with E-state index in [0.717, 1.165) is 50.3 Å². The third-order valence-corrected chi connectivity index (χ3v) is 6.69. The number of anilines is 2. The number of aromatic nitrogens is 1. The zero-order chi connectivity index (χ0) is 19.7. The van der Waals surface area contributed by atoms with Crippen molar-refractivity contribution in [2.75, 3.05) is 30.3 Å². The Balaban J connectivity index is 1.36. The van der Waals surface area contributed by atoms with Crippen LogP contribution in [0.3, 0.4) is 0 Å². The fourth-order valence-electron chi connectivity index (χ4n) is 4.39. The largest absolute Gasteiger partial charge is 0.490 e. The van der Waals surface area contributed by atoms with Crippen molar-refractivity contribution in [1.82, 2.24) is 9.88 Å². The molecule has 1 aromatic carbocycles. The number of nitrogens with two attached hydrogens (primary N) is 1. The molecule has 28 heavy (non-hydrogen) atoms. The maximum absolute atomic E-state index is 6.28. The first-order valence-electron chi connectivity index (χ1n) is 10.4. The normalized spacial score (nSPS) is 22.0. The van der Waals surface area contributed by atoms with Crippen LogP contribution >= 0.6 is 11.3 Å². The van der Waals surface area contributed by atoms with Gasteiger partial charge in [-0.1, -0.05) is 0 Å². The third-order valence-electron chi connectivity index (χ3n) is 6.00. The van der Waals surface area contributed by atoms with Gasteiger partial charge in [0, 0.05) is 36.2 Å². The fourth-order valence-corrected chi connectivity index (χ4v) is 5.00. The van der Waals surface area contributed by atoms with Crippen molar-refractivity contribution in [1.29, 1.82) is 0 Å². The predicted molar refractivity (Wildman–Crippen MR) is 117 cm³/mol. The van der Waals surface area contributed by atoms with Crippen molar-refractivity contribution in [3.63, 3.8) is 0 Å². The minimum Gasteiger partial charge on any atom is -0.490 e. The molecule has 152 valence electrons. The van der Waals surface area contributed by atoms with E-state index in [0.29, 0.717) is 17.3 Å². The lowest BCUT2D eigenvalue weighted by molar-refractivity contribution is 0.0491. The van der Waals surface area contributed by atoms with E-state index in [1.165, 1.54) is 23.4 Å². The Morgan fingerprint density at radius 2 is 1.79 bits per heavy atom. The first kappa shape index (κ1) is 19.5. The van der Waals surface area contributed by atoms with Gasteiger partial charge in [-0.2, -0.15) is 0 Å². The van der Waals surface area contributed by atoms with Crippen molar-refractivity contribution in [3.8, 4) is 5.75 Å². The molecule has 0 spiro atoms. The molecule has 0 unspecified atom stereocenters. The minimum absolute atomic E-state index is 0.251. The summed E-state index contributed by atoms with van der Waals surface area (Å²) in [5.41, 5.74) is 8.43. The minimum atomic E-state index is 0.251. The number of nitrogen functional groups attached to an aromatic ring is 1. The van der Waals surface area contributed by atoms with Crippen molar-refractivity contribution < 1.29 is 4.74 Å². The summed E-state index contributed by atoms with van der Waals surface area (Å²) in [5.74, 6) is 0.978. The maximum atomic E-state index is 6.28. The Bertz CT molecular complexity index is 775. The van der Waals surface area contributed by atoms with Gasteiger partial charge in [0.1, 0.15) is 11.9 Å². The summed E-state index contributed by atoms with van der Waals surface area (Å²) >= 11 is 1.53. The number of likely N-dealkylation sites (tertiary alicyclic amines) is 1. The molecule has 2 fully saturated rings. The Labute approximate surface area is 172 Å². The van der Waals surface area contributed by atoms with E-state index in [2.05, 4.69) is 65.2 Å². The first-order chi connectivity index (χ1) is 13.4. The summed E-state index contributed by atoms with van der Waals surface area (Å²) in [4.78, 5) is 9.51. The summed E-state index contributed by atoms with van der Waals surface area (Å²) in [6.07, 6.45) is 4.83. The second-order valence-corrected chi connectivity index (χ2v) is 9.82. The van der Waals surface area contributed by atoms with Crippen LogP contribution in [0.5, 0.6) is 5.75 Å². The molecule has 0 aliphatic carbocycles. The third kappa shape index (κ3) is 4.28. The van der Waals surface area contributed by atoms with Crippen LogP contribution in [-0.2, 0) is 0 Å². The molecule has 5 nitrogen and oxygen atoms in total. The standard InChI is InChI=1S/C22H32N4OS/c1-22(2,3)25-13-10-18(11-14-25)27-17-8-6-16(7-9-17)26-12-4-5-20(26)19-15-28-21(23)24-19/h6-9,15,18,20H,4-5,10-14H2,1-3H3,(H2,23,24)/t20-/m1/s1. The van der Waals surface area contributed by atoms with Gasteiger partial charge in [0.2, 0.25) is 0 Å². The van der Waals surface area contributed by atoms with Gasteiger partial charge in [-0.3, -0.25) is 4.90 Å². The molecule has 2 aliphatic rings. The molecule has 1 atom stereocenters. The van der Waals surface area contributed by atoms with E-state index >= 15 is 0 Å². The van der Waals surface area contributed by atoms with Crippen molar-refractivity contribution in [3.05, 3.63) is 35.3 Å². The van der Waals surface area contributed by atoms with Crippen LogP contribution in [0.15, 0.2) is 29.6 Å². The zero-order valence-electron chi connectivity index (χ0n) is 17.2. The highest BCUT2D eigenvalue weighted by atomic mass is 32.1. The lowest BCUT2D eigenvalue weighted by atomic mass is 9.99. The van der Waals surface area contributed by atoms with E-state index in [4.69, 9.17) is 10.5 Å². The molecule has 0 radical (unpaired) electrons. The first-order valence-corrected chi connectivity index (χ1v) is 11.3. The summed E-state index contributed by atoms with van der Waals surface area (Å²) in [7, 11) is 0. The van der Waals surface area contributed by atoms with Gasteiger partial charge in [0.25, 0.3) is 0 Å². The van der Waals surface area contributed by atoms with E-state index < -0.39 is 0 Å². The van der Waals surface area contributed by atoms with Gasteiger partial charge in [0.05, 0.1) is 11.7 Å². The van der Waals surface area contributed by atoms with E-state index in [9.17, 15) is 0 Å². The molecule has 3 heterocycles. The topological polar surface area (TPSA) is 54.6 Å². The highest BCUT2D eigenvalue weighted by molar-refractivity contribution is 7.13. The Morgan fingerprint density at radius 1 is 1.07 bits per heavy atom. The molecule has 0 amide bonds. The van der Waals surface area contributed by atoms with Gasteiger partial charge in [0.15, 0.2) is 5.13 Å². The number of nitrogens with zero attached hydrogens (tertiary/aromatic N) is 3. The van der Waals surface area contributed by atoms with Crippen LogP contribution < -0.4 is 15.4 Å². The van der Waals surface area contributed by atoms with Crippen LogP contribution in [-0.4, -0.2) is 41.2 Å². The number of thiazole rings is 1. The van der Waals surface area contributed by atoms with Crippen molar-refractivity contribution in [2.24, 2.45) is 0 Å². The van der Waals surface area contributed by atoms with Crippen LogP contribution in [0, 0.1) is 0 Å². The molecule has 6 heteroatoms. The molecule has 2 aliphatic heterocycles. The molecular weight excluding hydrogens is 368 g/mol. The van der Waals surface area contributed by atoms with Crippen LogP contribution in [0.2, 0.25) is 0 Å². The van der Waals surface area contributed by atoms with Gasteiger partial charge in [-0.25, -0.2) is 4.98 Å². The number of piperidine rings is 1. The van der Waals surface area contributed by atoms with Crippen molar-refractivity contribution >= 4 is 22.2 Å². The molecule has 0 bridgehead atoms. The van der Waals surface area contributed by atoms with Gasteiger partial charge in [-0.15, -0.1) is 11.3 Å². The molecule has 2 N–H and O–H groups in total. The molecule has 4 rings (SSSR count). The number of rotatable bonds is 4. The second-order valence-electron chi connectivity index (χ2n) is 8.93. The molecule has 2 saturated heterocycles. The van der Waals surface area contributed by atoms with Gasteiger partial charge < -0.3 is 15.4 Å². The van der Waals surface area contributed by atoms with E-state index in [1.54, 1.807) is 0 Å². The highest BCUT2D eigenvalue weighted by Gasteiger charge is 2.29. The highest BCUT2D eigenvalue weighted by Crippen LogP contribution is 2.37.